The van der Waals surface area contributed by atoms with Crippen molar-refractivity contribution in [3.8, 4) is 0 Å². The van der Waals surface area contributed by atoms with Gasteiger partial charge >= 0.3 is 0 Å². The standard InChI is InChI=1S/C15H18N2O2S/c1-3-17(13-7-5-4-6-8-13)20(18,19)15-10-9-12(2)11-14(15)16/h4-11H,3,16H2,1-2H3. The lowest BCUT2D eigenvalue weighted by Crippen LogP contribution is -2.31. The van der Waals surface area contributed by atoms with E-state index in [1.807, 2.05) is 25.1 Å². The molecule has 0 unspecified atom stereocenters. The van der Waals surface area contributed by atoms with E-state index in [-0.39, 0.29) is 10.6 Å². The summed E-state index contributed by atoms with van der Waals surface area (Å²) in [5.41, 5.74) is 7.72. The predicted octanol–water partition coefficient (Wildman–Crippen LogP) is 2.79. The Hall–Kier alpha value is -2.01. The Bertz CT molecular complexity index is 697. The van der Waals surface area contributed by atoms with Crippen LogP contribution >= 0.6 is 0 Å². The van der Waals surface area contributed by atoms with Gasteiger partial charge in [-0.2, -0.15) is 0 Å². The van der Waals surface area contributed by atoms with Gasteiger partial charge in [0.1, 0.15) is 4.90 Å². The molecule has 4 nitrogen and oxygen atoms in total. The summed E-state index contributed by atoms with van der Waals surface area (Å²) in [5, 5.41) is 0. The number of hydrogen-bond acceptors (Lipinski definition) is 3. The highest BCUT2D eigenvalue weighted by atomic mass is 32.2. The smallest absolute Gasteiger partial charge is 0.266 e. The van der Waals surface area contributed by atoms with Crippen molar-refractivity contribution in [2.75, 3.05) is 16.6 Å². The van der Waals surface area contributed by atoms with E-state index in [1.54, 1.807) is 37.3 Å². The number of para-hydroxylation sites is 1. The normalized spacial score (nSPS) is 11.3. The summed E-state index contributed by atoms with van der Waals surface area (Å²) >= 11 is 0. The van der Waals surface area contributed by atoms with E-state index in [0.717, 1.165) is 5.56 Å². The summed E-state index contributed by atoms with van der Waals surface area (Å²) in [6, 6.07) is 14.0. The van der Waals surface area contributed by atoms with Gasteiger partial charge in [0.2, 0.25) is 0 Å². The number of hydrogen-bond donors (Lipinski definition) is 1. The first-order chi connectivity index (χ1) is 9.46. The maximum absolute atomic E-state index is 12.7. The molecule has 0 bridgehead atoms. The second-order valence-corrected chi connectivity index (χ2v) is 6.38. The number of aryl methyl sites for hydroxylation is 1. The molecule has 0 heterocycles. The van der Waals surface area contributed by atoms with Gasteiger partial charge in [0.15, 0.2) is 0 Å². The maximum atomic E-state index is 12.7. The molecule has 0 spiro atoms. The number of nitrogen functional groups attached to an aromatic ring is 1. The van der Waals surface area contributed by atoms with Gasteiger partial charge in [-0.3, -0.25) is 4.31 Å². The summed E-state index contributed by atoms with van der Waals surface area (Å²) in [4.78, 5) is 0.147. The zero-order valence-corrected chi connectivity index (χ0v) is 12.4. The molecule has 0 aliphatic carbocycles. The minimum absolute atomic E-state index is 0.147. The Kier molecular flexibility index (Phi) is 3.99. The van der Waals surface area contributed by atoms with Gasteiger partial charge in [0, 0.05) is 6.54 Å². The number of rotatable bonds is 4. The molecule has 2 rings (SSSR count). The molecule has 0 amide bonds. The van der Waals surface area contributed by atoms with Crippen LogP contribution in [0.15, 0.2) is 53.4 Å². The quantitative estimate of drug-likeness (QED) is 0.881. The van der Waals surface area contributed by atoms with E-state index in [1.165, 1.54) is 4.31 Å². The summed E-state index contributed by atoms with van der Waals surface area (Å²) in [6.45, 7) is 4.02. The van der Waals surface area contributed by atoms with Crippen molar-refractivity contribution in [3.63, 3.8) is 0 Å². The molecule has 0 saturated carbocycles. The van der Waals surface area contributed by atoms with Crippen molar-refractivity contribution in [2.24, 2.45) is 0 Å². The molecule has 20 heavy (non-hydrogen) atoms. The van der Waals surface area contributed by atoms with Gasteiger partial charge in [0.05, 0.1) is 11.4 Å². The Morgan fingerprint density at radius 2 is 1.75 bits per heavy atom. The minimum Gasteiger partial charge on any atom is -0.398 e. The third-order valence-electron chi connectivity index (χ3n) is 3.06. The number of sulfonamides is 1. The van der Waals surface area contributed by atoms with Crippen molar-refractivity contribution in [1.29, 1.82) is 0 Å². The second-order valence-electron chi connectivity index (χ2n) is 4.55. The zero-order chi connectivity index (χ0) is 14.8. The highest BCUT2D eigenvalue weighted by molar-refractivity contribution is 7.93. The average Bonchev–Trinajstić information content (AvgIpc) is 2.40. The highest BCUT2D eigenvalue weighted by Crippen LogP contribution is 2.27. The predicted molar refractivity (Wildman–Crippen MR) is 82.2 cm³/mol. The van der Waals surface area contributed by atoms with Crippen LogP contribution in [0.3, 0.4) is 0 Å². The summed E-state index contributed by atoms with van der Waals surface area (Å²) < 4.78 is 26.8. The monoisotopic (exact) mass is 290 g/mol. The summed E-state index contributed by atoms with van der Waals surface area (Å²) in [5.74, 6) is 0. The van der Waals surface area contributed by atoms with Crippen LogP contribution in [0.2, 0.25) is 0 Å². The molecule has 0 fully saturated rings. The number of benzene rings is 2. The van der Waals surface area contributed by atoms with Crippen LogP contribution in [0.5, 0.6) is 0 Å². The van der Waals surface area contributed by atoms with Gasteiger partial charge in [-0.15, -0.1) is 0 Å². The minimum atomic E-state index is -3.64. The van der Waals surface area contributed by atoms with Gasteiger partial charge in [-0.1, -0.05) is 24.3 Å². The largest absolute Gasteiger partial charge is 0.398 e. The lowest BCUT2D eigenvalue weighted by Gasteiger charge is -2.23. The summed E-state index contributed by atoms with van der Waals surface area (Å²) in [7, 11) is -3.64. The van der Waals surface area contributed by atoms with Crippen molar-refractivity contribution < 1.29 is 8.42 Å². The van der Waals surface area contributed by atoms with Crippen LogP contribution in [0.25, 0.3) is 0 Å². The topological polar surface area (TPSA) is 63.4 Å². The SMILES string of the molecule is CCN(c1ccccc1)S(=O)(=O)c1ccc(C)cc1N. The molecule has 0 atom stereocenters. The Balaban J connectivity index is 2.53. The third-order valence-corrected chi connectivity index (χ3v) is 5.04. The van der Waals surface area contributed by atoms with Crippen molar-refractivity contribution in [3.05, 3.63) is 54.1 Å². The molecule has 0 aromatic heterocycles. The van der Waals surface area contributed by atoms with Gasteiger partial charge < -0.3 is 5.73 Å². The lowest BCUT2D eigenvalue weighted by atomic mass is 10.2. The van der Waals surface area contributed by atoms with E-state index in [2.05, 4.69) is 0 Å². The third kappa shape index (κ3) is 2.63. The van der Waals surface area contributed by atoms with Crippen molar-refractivity contribution in [1.82, 2.24) is 0 Å². The molecule has 2 N–H and O–H groups in total. The zero-order valence-electron chi connectivity index (χ0n) is 11.6. The molecule has 106 valence electrons. The Labute approximate surface area is 119 Å². The highest BCUT2D eigenvalue weighted by Gasteiger charge is 2.25. The molecule has 2 aromatic carbocycles. The fourth-order valence-electron chi connectivity index (χ4n) is 2.11. The van der Waals surface area contributed by atoms with Crippen molar-refractivity contribution >= 4 is 21.4 Å². The molecule has 0 aliphatic rings. The lowest BCUT2D eigenvalue weighted by molar-refractivity contribution is 0.592. The number of nitrogens with two attached hydrogens (primary N) is 1. The first kappa shape index (κ1) is 14.4. The maximum Gasteiger partial charge on any atom is 0.266 e. The first-order valence-electron chi connectivity index (χ1n) is 6.40. The molecule has 0 aliphatic heterocycles. The average molecular weight is 290 g/mol. The van der Waals surface area contributed by atoms with Gasteiger partial charge in [0.25, 0.3) is 10.0 Å². The molecule has 5 heteroatoms. The van der Waals surface area contributed by atoms with Crippen LogP contribution < -0.4 is 10.0 Å². The Morgan fingerprint density at radius 3 is 2.30 bits per heavy atom. The van der Waals surface area contributed by atoms with E-state index < -0.39 is 10.0 Å². The van der Waals surface area contributed by atoms with Crippen LogP contribution in [0.4, 0.5) is 11.4 Å². The van der Waals surface area contributed by atoms with Gasteiger partial charge in [-0.25, -0.2) is 8.42 Å². The second kappa shape index (κ2) is 5.54. The van der Waals surface area contributed by atoms with Gasteiger partial charge in [-0.05, 0) is 43.7 Å². The van der Waals surface area contributed by atoms with E-state index in [4.69, 9.17) is 5.73 Å². The van der Waals surface area contributed by atoms with E-state index >= 15 is 0 Å². The van der Waals surface area contributed by atoms with E-state index in [9.17, 15) is 8.42 Å². The number of nitrogens with zero attached hydrogens (tertiary/aromatic N) is 1. The number of anilines is 2. The molecule has 2 aromatic rings. The van der Waals surface area contributed by atoms with Crippen LogP contribution in [0, 0.1) is 6.92 Å². The molecular formula is C15H18N2O2S. The first-order valence-corrected chi connectivity index (χ1v) is 7.84. The van der Waals surface area contributed by atoms with Crippen LogP contribution in [-0.4, -0.2) is 15.0 Å². The van der Waals surface area contributed by atoms with E-state index in [0.29, 0.717) is 12.2 Å². The fraction of sp³-hybridized carbons (Fsp3) is 0.200. The van der Waals surface area contributed by atoms with Crippen LogP contribution in [0.1, 0.15) is 12.5 Å². The molecule has 0 saturated heterocycles. The fourth-order valence-corrected chi connectivity index (χ4v) is 3.68. The summed E-state index contributed by atoms with van der Waals surface area (Å²) in [6.07, 6.45) is 0. The van der Waals surface area contributed by atoms with Crippen LogP contribution in [-0.2, 0) is 10.0 Å². The molecular weight excluding hydrogens is 272 g/mol. The van der Waals surface area contributed by atoms with Crippen molar-refractivity contribution in [2.45, 2.75) is 18.7 Å². The molecule has 0 radical (unpaired) electrons. The Morgan fingerprint density at radius 1 is 1.10 bits per heavy atom.